The van der Waals surface area contributed by atoms with Gasteiger partial charge in [-0.15, -0.1) is 0 Å². The van der Waals surface area contributed by atoms with Crippen LogP contribution < -0.4 is 5.32 Å². The summed E-state index contributed by atoms with van der Waals surface area (Å²) in [6.07, 6.45) is 1.68. The lowest BCUT2D eigenvalue weighted by molar-refractivity contribution is -0.137. The van der Waals surface area contributed by atoms with Crippen LogP contribution in [0.2, 0.25) is 0 Å². The second-order valence-electron chi connectivity index (χ2n) is 5.95. The molecule has 0 spiro atoms. The molecule has 0 aromatic heterocycles. The highest BCUT2D eigenvalue weighted by Gasteiger charge is 2.31. The summed E-state index contributed by atoms with van der Waals surface area (Å²) in [5, 5.41) is 11.7. The molecular formula is C13H25N3O3. The number of likely N-dealkylation sites (tertiary alicyclic amines) is 1. The maximum atomic E-state index is 12.1. The molecule has 1 atom stereocenters. The fraction of sp³-hybridized carbons (Fsp3) is 0.846. The quantitative estimate of drug-likeness (QED) is 0.781. The highest BCUT2D eigenvalue weighted by Crippen LogP contribution is 2.20. The fourth-order valence-corrected chi connectivity index (χ4v) is 2.07. The van der Waals surface area contributed by atoms with Crippen LogP contribution in [0.1, 0.15) is 33.1 Å². The molecule has 1 fully saturated rings. The topological polar surface area (TPSA) is 72.9 Å². The third-order valence-corrected chi connectivity index (χ3v) is 3.93. The Kier molecular flexibility index (Phi) is 5.17. The highest BCUT2D eigenvalue weighted by molar-refractivity contribution is 5.76. The van der Waals surface area contributed by atoms with E-state index in [1.54, 1.807) is 4.90 Å². The van der Waals surface area contributed by atoms with Gasteiger partial charge in [-0.3, -0.25) is 4.79 Å². The minimum absolute atomic E-state index is 0.0322. The SMILES string of the molecule is CN(C)C(C)(C)CNC(=O)N1CCCC1CC(=O)O. The van der Waals surface area contributed by atoms with Crippen LogP contribution in [0.4, 0.5) is 4.79 Å². The molecule has 6 heteroatoms. The van der Waals surface area contributed by atoms with Gasteiger partial charge in [0, 0.05) is 24.7 Å². The molecule has 1 aliphatic heterocycles. The molecular weight excluding hydrogens is 246 g/mol. The zero-order valence-electron chi connectivity index (χ0n) is 12.3. The number of urea groups is 1. The van der Waals surface area contributed by atoms with Crippen molar-refractivity contribution in [2.24, 2.45) is 0 Å². The van der Waals surface area contributed by atoms with Gasteiger partial charge in [0.1, 0.15) is 0 Å². The summed E-state index contributed by atoms with van der Waals surface area (Å²) in [5.41, 5.74) is -0.127. The van der Waals surface area contributed by atoms with Crippen LogP contribution in [0, 0.1) is 0 Å². The van der Waals surface area contributed by atoms with Crippen molar-refractivity contribution in [1.82, 2.24) is 15.1 Å². The molecule has 0 radical (unpaired) electrons. The molecule has 0 bridgehead atoms. The number of carbonyl (C=O) groups excluding carboxylic acids is 1. The molecule has 1 aliphatic rings. The minimum atomic E-state index is -0.849. The van der Waals surface area contributed by atoms with Gasteiger partial charge in [0.25, 0.3) is 0 Å². The number of nitrogens with one attached hydrogen (secondary N) is 1. The maximum absolute atomic E-state index is 12.1. The Labute approximate surface area is 114 Å². The zero-order valence-corrected chi connectivity index (χ0v) is 12.3. The Morgan fingerprint density at radius 3 is 2.58 bits per heavy atom. The largest absolute Gasteiger partial charge is 0.481 e. The van der Waals surface area contributed by atoms with Crippen molar-refractivity contribution >= 4 is 12.0 Å². The van der Waals surface area contributed by atoms with E-state index in [-0.39, 0.29) is 24.0 Å². The highest BCUT2D eigenvalue weighted by atomic mass is 16.4. The van der Waals surface area contributed by atoms with Crippen LogP contribution in [0.15, 0.2) is 0 Å². The lowest BCUT2D eigenvalue weighted by Gasteiger charge is -2.34. The first kappa shape index (κ1) is 15.8. The molecule has 19 heavy (non-hydrogen) atoms. The molecule has 2 N–H and O–H groups in total. The Bertz CT molecular complexity index is 342. The Morgan fingerprint density at radius 2 is 2.05 bits per heavy atom. The number of nitrogens with zero attached hydrogens (tertiary/aromatic N) is 2. The van der Waals surface area contributed by atoms with Crippen molar-refractivity contribution in [3.8, 4) is 0 Å². The third-order valence-electron chi connectivity index (χ3n) is 3.93. The van der Waals surface area contributed by atoms with Gasteiger partial charge in [-0.25, -0.2) is 4.79 Å². The number of amides is 2. The van der Waals surface area contributed by atoms with Gasteiger partial charge in [0.15, 0.2) is 0 Å². The lowest BCUT2D eigenvalue weighted by atomic mass is 10.0. The Balaban J connectivity index is 2.51. The number of likely N-dealkylation sites (N-methyl/N-ethyl adjacent to an activating group) is 1. The molecule has 0 aromatic rings. The number of carboxylic acid groups (broad SMARTS) is 1. The molecule has 0 aromatic carbocycles. The smallest absolute Gasteiger partial charge is 0.317 e. The molecule has 2 amide bonds. The number of hydrogen-bond acceptors (Lipinski definition) is 3. The van der Waals surface area contributed by atoms with Gasteiger partial charge in [0.2, 0.25) is 0 Å². The van der Waals surface area contributed by atoms with Crippen LogP contribution in [0.25, 0.3) is 0 Å². The van der Waals surface area contributed by atoms with E-state index < -0.39 is 5.97 Å². The van der Waals surface area contributed by atoms with E-state index in [2.05, 4.69) is 5.32 Å². The van der Waals surface area contributed by atoms with Gasteiger partial charge < -0.3 is 20.2 Å². The normalized spacial score (nSPS) is 19.8. The van der Waals surface area contributed by atoms with Gasteiger partial charge in [0.05, 0.1) is 6.42 Å². The van der Waals surface area contributed by atoms with Gasteiger partial charge >= 0.3 is 12.0 Å². The molecule has 1 saturated heterocycles. The second-order valence-corrected chi connectivity index (χ2v) is 5.95. The number of hydrogen-bond donors (Lipinski definition) is 2. The van der Waals surface area contributed by atoms with Crippen LogP contribution in [0.5, 0.6) is 0 Å². The zero-order chi connectivity index (χ0) is 14.6. The van der Waals surface area contributed by atoms with E-state index in [0.29, 0.717) is 13.1 Å². The summed E-state index contributed by atoms with van der Waals surface area (Å²) < 4.78 is 0. The molecule has 0 aliphatic carbocycles. The van der Waals surface area contributed by atoms with Crippen LogP contribution >= 0.6 is 0 Å². The van der Waals surface area contributed by atoms with Crippen molar-refractivity contribution in [2.75, 3.05) is 27.2 Å². The minimum Gasteiger partial charge on any atom is -0.481 e. The second kappa shape index (κ2) is 6.23. The molecule has 6 nitrogen and oxygen atoms in total. The number of rotatable bonds is 5. The number of carbonyl (C=O) groups is 2. The van der Waals surface area contributed by atoms with E-state index in [0.717, 1.165) is 12.8 Å². The van der Waals surface area contributed by atoms with Crippen LogP contribution in [-0.4, -0.2) is 65.7 Å². The molecule has 1 unspecified atom stereocenters. The van der Waals surface area contributed by atoms with E-state index >= 15 is 0 Å². The predicted octanol–water partition coefficient (Wildman–Crippen LogP) is 0.975. The monoisotopic (exact) mass is 271 g/mol. The average molecular weight is 271 g/mol. The first-order valence-corrected chi connectivity index (χ1v) is 6.68. The summed E-state index contributed by atoms with van der Waals surface area (Å²) in [7, 11) is 3.94. The van der Waals surface area contributed by atoms with Crippen molar-refractivity contribution in [3.63, 3.8) is 0 Å². The standard InChI is InChI=1S/C13H25N3O3/c1-13(2,15(3)4)9-14-12(19)16-7-5-6-10(16)8-11(17)18/h10H,5-9H2,1-4H3,(H,14,19)(H,17,18). The predicted molar refractivity (Wildman–Crippen MR) is 73.1 cm³/mol. The summed E-state index contributed by atoms with van der Waals surface area (Å²) in [6, 6.07) is -0.321. The van der Waals surface area contributed by atoms with Crippen molar-refractivity contribution in [3.05, 3.63) is 0 Å². The average Bonchev–Trinajstić information content (AvgIpc) is 2.73. The van der Waals surface area contributed by atoms with Gasteiger partial charge in [-0.2, -0.15) is 0 Å². The van der Waals surface area contributed by atoms with Gasteiger partial charge in [-0.05, 0) is 40.8 Å². The van der Waals surface area contributed by atoms with E-state index in [4.69, 9.17) is 5.11 Å². The number of aliphatic carboxylic acids is 1. The number of carboxylic acids is 1. The molecule has 1 rings (SSSR count). The van der Waals surface area contributed by atoms with Crippen LogP contribution in [-0.2, 0) is 4.79 Å². The summed E-state index contributed by atoms with van der Waals surface area (Å²) in [4.78, 5) is 26.6. The van der Waals surface area contributed by atoms with Crippen molar-refractivity contribution in [2.45, 2.75) is 44.7 Å². The molecule has 110 valence electrons. The van der Waals surface area contributed by atoms with Crippen molar-refractivity contribution < 1.29 is 14.7 Å². The van der Waals surface area contributed by atoms with Crippen LogP contribution in [0.3, 0.4) is 0 Å². The van der Waals surface area contributed by atoms with E-state index in [1.165, 1.54) is 0 Å². The first-order chi connectivity index (χ1) is 8.74. The summed E-state index contributed by atoms with van der Waals surface area (Å²) >= 11 is 0. The maximum Gasteiger partial charge on any atom is 0.317 e. The lowest BCUT2D eigenvalue weighted by Crippen LogP contribution is -2.52. The Morgan fingerprint density at radius 1 is 1.42 bits per heavy atom. The van der Waals surface area contributed by atoms with E-state index in [9.17, 15) is 9.59 Å². The first-order valence-electron chi connectivity index (χ1n) is 6.68. The Hall–Kier alpha value is -1.30. The molecule has 0 saturated carbocycles. The summed E-state index contributed by atoms with van der Waals surface area (Å²) in [6.45, 7) is 5.28. The summed E-state index contributed by atoms with van der Waals surface area (Å²) in [5.74, 6) is -0.849. The molecule has 1 heterocycles. The third kappa shape index (κ3) is 4.38. The van der Waals surface area contributed by atoms with E-state index in [1.807, 2.05) is 32.8 Å². The fourth-order valence-electron chi connectivity index (χ4n) is 2.07. The van der Waals surface area contributed by atoms with Gasteiger partial charge in [-0.1, -0.05) is 0 Å². The van der Waals surface area contributed by atoms with Crippen molar-refractivity contribution in [1.29, 1.82) is 0 Å².